The summed E-state index contributed by atoms with van der Waals surface area (Å²) >= 11 is 0. The molecule has 0 aliphatic carbocycles. The van der Waals surface area contributed by atoms with Crippen LogP contribution in [0, 0.1) is 0 Å². The van der Waals surface area contributed by atoms with Gasteiger partial charge in [0.2, 0.25) is 6.41 Å². The summed E-state index contributed by atoms with van der Waals surface area (Å²) < 4.78 is 0. The Balaban J connectivity index is 0.000000575. The molecule has 0 atom stereocenters. The van der Waals surface area contributed by atoms with Gasteiger partial charge in [-0.2, -0.15) is 0 Å². The fourth-order valence-corrected chi connectivity index (χ4v) is 2.66. The summed E-state index contributed by atoms with van der Waals surface area (Å²) in [6, 6.07) is 14.7. The Morgan fingerprint density at radius 2 is 1.90 bits per heavy atom. The van der Waals surface area contributed by atoms with Crippen LogP contribution in [0.4, 0.5) is 11.4 Å². The summed E-state index contributed by atoms with van der Waals surface area (Å²) in [5.41, 5.74) is 11.4. The lowest BCUT2D eigenvalue weighted by Crippen LogP contribution is -2.15. The van der Waals surface area contributed by atoms with Crippen LogP contribution in [0.25, 0.3) is 16.5 Å². The number of nitrogens with two attached hydrogens (primary N) is 1. The van der Waals surface area contributed by atoms with Crippen LogP contribution in [-0.2, 0) is 11.2 Å². The van der Waals surface area contributed by atoms with E-state index in [2.05, 4.69) is 53.5 Å². The maximum atomic E-state index is 10.7. The monoisotopic (exact) mass is 405 g/mol. The van der Waals surface area contributed by atoms with Gasteiger partial charge in [-0.1, -0.05) is 39.0 Å². The topological polar surface area (TPSA) is 95.3 Å². The van der Waals surface area contributed by atoms with Crippen LogP contribution in [0.3, 0.4) is 0 Å². The Kier molecular flexibility index (Phi) is 8.84. The van der Waals surface area contributed by atoms with Gasteiger partial charge in [-0.25, -0.2) is 0 Å². The Labute approximate surface area is 178 Å². The van der Waals surface area contributed by atoms with Gasteiger partial charge < -0.3 is 21.4 Å². The molecule has 0 spiro atoms. The van der Waals surface area contributed by atoms with Crippen LogP contribution in [0.2, 0.25) is 0 Å². The van der Waals surface area contributed by atoms with Crippen molar-refractivity contribution in [1.82, 2.24) is 10.3 Å². The number of nitrogens with one attached hydrogen (secondary N) is 3. The number of aryl methyl sites for hydroxylation is 1. The average Bonchev–Trinajstić information content (AvgIpc) is 3.17. The second-order valence-electron chi connectivity index (χ2n) is 7.07. The van der Waals surface area contributed by atoms with Gasteiger partial charge in [-0.15, -0.1) is 0 Å². The molecule has 1 aromatic heterocycles. The van der Waals surface area contributed by atoms with Crippen LogP contribution >= 0.6 is 0 Å². The number of aliphatic imine (C=N–C) groups is 1. The first-order valence-corrected chi connectivity index (χ1v) is 10.1. The molecule has 0 saturated carbocycles. The SMILES string of the molecule is CCc1ccc(N=C/C(=C\N)c2ccc3[nH]cc(NC=O)c3c2)cc1.CNC(C)C. The fourth-order valence-electron chi connectivity index (χ4n) is 2.66. The van der Waals surface area contributed by atoms with E-state index in [9.17, 15) is 4.79 Å². The molecule has 0 saturated heterocycles. The van der Waals surface area contributed by atoms with Crippen LogP contribution in [0.15, 0.2) is 59.9 Å². The molecule has 6 heteroatoms. The lowest BCUT2D eigenvalue weighted by Gasteiger charge is -2.04. The fraction of sp³-hybridized carbons (Fsp3) is 0.250. The molecule has 5 N–H and O–H groups in total. The lowest BCUT2D eigenvalue weighted by molar-refractivity contribution is -0.105. The molecule has 6 nitrogen and oxygen atoms in total. The van der Waals surface area contributed by atoms with E-state index in [1.165, 1.54) is 11.8 Å². The van der Waals surface area contributed by atoms with Gasteiger partial charge in [0, 0.05) is 41.1 Å². The highest BCUT2D eigenvalue weighted by Crippen LogP contribution is 2.26. The third-order valence-corrected chi connectivity index (χ3v) is 4.68. The maximum absolute atomic E-state index is 10.7. The number of hydrogen-bond acceptors (Lipinski definition) is 4. The molecule has 30 heavy (non-hydrogen) atoms. The first kappa shape index (κ1) is 22.9. The third-order valence-electron chi connectivity index (χ3n) is 4.68. The number of fused-ring (bicyclic) bond motifs is 1. The number of carbonyl (C=O) groups is 1. The molecule has 3 rings (SSSR count). The van der Waals surface area contributed by atoms with E-state index in [1.54, 1.807) is 12.4 Å². The number of aromatic amines is 1. The third kappa shape index (κ3) is 6.32. The number of carbonyl (C=O) groups excluding carboxylic acids is 1. The molecule has 1 amide bonds. The minimum atomic E-state index is 0.634. The smallest absolute Gasteiger partial charge is 0.211 e. The van der Waals surface area contributed by atoms with E-state index < -0.39 is 0 Å². The van der Waals surface area contributed by atoms with Gasteiger partial charge >= 0.3 is 0 Å². The largest absolute Gasteiger partial charge is 0.404 e. The van der Waals surface area contributed by atoms with Crippen LogP contribution < -0.4 is 16.4 Å². The van der Waals surface area contributed by atoms with E-state index in [1.807, 2.05) is 37.4 Å². The van der Waals surface area contributed by atoms with Crippen molar-refractivity contribution in [3.8, 4) is 0 Å². The van der Waals surface area contributed by atoms with Gasteiger partial charge in [0.15, 0.2) is 0 Å². The zero-order valence-corrected chi connectivity index (χ0v) is 18.1. The first-order chi connectivity index (χ1) is 14.5. The van der Waals surface area contributed by atoms with E-state index in [0.717, 1.165) is 39.8 Å². The number of rotatable bonds is 7. The summed E-state index contributed by atoms with van der Waals surface area (Å²) in [6.45, 7) is 6.35. The molecule has 0 unspecified atom stereocenters. The molecule has 0 bridgehead atoms. The van der Waals surface area contributed by atoms with Gasteiger partial charge in [0.25, 0.3) is 0 Å². The summed E-state index contributed by atoms with van der Waals surface area (Å²) in [4.78, 5) is 18.3. The zero-order valence-electron chi connectivity index (χ0n) is 18.1. The second kappa shape index (κ2) is 11.6. The summed E-state index contributed by atoms with van der Waals surface area (Å²) in [6.07, 6.45) is 6.71. The molecule has 2 aromatic carbocycles. The number of allylic oxidation sites excluding steroid dienone is 1. The number of benzene rings is 2. The Hall–Kier alpha value is -3.38. The number of H-pyrrole nitrogens is 1. The summed E-state index contributed by atoms with van der Waals surface area (Å²) in [7, 11) is 1.95. The lowest BCUT2D eigenvalue weighted by atomic mass is 10.1. The van der Waals surface area contributed by atoms with Crippen LogP contribution in [-0.4, -0.2) is 30.7 Å². The van der Waals surface area contributed by atoms with Crippen molar-refractivity contribution in [3.63, 3.8) is 0 Å². The molecule has 3 aromatic rings. The number of amides is 1. The quantitative estimate of drug-likeness (QED) is 0.341. The Bertz CT molecular complexity index is 1000. The van der Waals surface area contributed by atoms with Crippen molar-refractivity contribution in [2.75, 3.05) is 12.4 Å². The summed E-state index contributed by atoms with van der Waals surface area (Å²) in [5.74, 6) is 0. The number of hydrogen-bond donors (Lipinski definition) is 4. The molecule has 0 aliphatic heterocycles. The molecule has 0 radical (unpaired) electrons. The predicted octanol–water partition coefficient (Wildman–Crippen LogP) is 4.61. The zero-order chi connectivity index (χ0) is 21.9. The predicted molar refractivity (Wildman–Crippen MR) is 128 cm³/mol. The second-order valence-corrected chi connectivity index (χ2v) is 7.07. The van der Waals surface area contributed by atoms with Crippen molar-refractivity contribution >= 4 is 40.5 Å². The van der Waals surface area contributed by atoms with Crippen molar-refractivity contribution in [2.45, 2.75) is 33.2 Å². The van der Waals surface area contributed by atoms with Crippen molar-refractivity contribution < 1.29 is 4.79 Å². The normalized spacial score (nSPS) is 11.6. The van der Waals surface area contributed by atoms with E-state index >= 15 is 0 Å². The van der Waals surface area contributed by atoms with Crippen LogP contribution in [0.5, 0.6) is 0 Å². The number of aromatic nitrogens is 1. The van der Waals surface area contributed by atoms with Crippen LogP contribution in [0.1, 0.15) is 31.9 Å². The minimum absolute atomic E-state index is 0.634. The van der Waals surface area contributed by atoms with Crippen molar-refractivity contribution in [2.24, 2.45) is 10.7 Å². The molecule has 0 fully saturated rings. The molecule has 0 aliphatic rings. The van der Waals surface area contributed by atoms with Gasteiger partial charge in [-0.3, -0.25) is 9.79 Å². The van der Waals surface area contributed by atoms with E-state index in [4.69, 9.17) is 5.73 Å². The average molecular weight is 406 g/mol. The van der Waals surface area contributed by atoms with Gasteiger partial charge in [-0.05, 0) is 48.9 Å². The summed E-state index contributed by atoms with van der Waals surface area (Å²) in [5, 5.41) is 6.64. The van der Waals surface area contributed by atoms with E-state index in [-0.39, 0.29) is 0 Å². The standard InChI is InChI=1S/C20H20N4O.C4H11N/c1-2-14-3-6-17(7-4-14)22-11-16(10-21)15-5-8-19-18(9-15)20(12-23-19)24-13-25;1-4(2)5-3/h3-13,23H,2,21H2,1H3,(H,24,25);4-5H,1-3H3/b16-10+,22-11?;. The molecule has 1 heterocycles. The van der Waals surface area contributed by atoms with Gasteiger partial charge in [0.05, 0.1) is 11.4 Å². The Morgan fingerprint density at radius 1 is 1.20 bits per heavy atom. The van der Waals surface area contributed by atoms with Crippen molar-refractivity contribution in [1.29, 1.82) is 0 Å². The molecular weight excluding hydrogens is 374 g/mol. The molecule has 158 valence electrons. The maximum Gasteiger partial charge on any atom is 0.211 e. The van der Waals surface area contributed by atoms with Gasteiger partial charge in [0.1, 0.15) is 0 Å². The highest BCUT2D eigenvalue weighted by Gasteiger charge is 2.06. The number of anilines is 1. The number of nitrogens with zero attached hydrogens (tertiary/aromatic N) is 1. The first-order valence-electron chi connectivity index (χ1n) is 10.1. The van der Waals surface area contributed by atoms with E-state index in [0.29, 0.717) is 12.5 Å². The highest BCUT2D eigenvalue weighted by atomic mass is 16.1. The molecular formula is C24H31N5O. The Morgan fingerprint density at radius 3 is 2.47 bits per heavy atom. The van der Waals surface area contributed by atoms with Crippen molar-refractivity contribution in [3.05, 3.63) is 66.0 Å². The minimum Gasteiger partial charge on any atom is -0.404 e. The highest BCUT2D eigenvalue weighted by molar-refractivity contribution is 6.12.